The molecule has 148 valence electrons. The van der Waals surface area contributed by atoms with Crippen molar-refractivity contribution < 1.29 is 13.2 Å². The third kappa shape index (κ3) is 5.64. The minimum absolute atomic E-state index is 0.167. The van der Waals surface area contributed by atoms with Gasteiger partial charge in [0, 0.05) is 0 Å². The molecule has 0 saturated carbocycles. The first-order chi connectivity index (χ1) is 12.6. The van der Waals surface area contributed by atoms with Gasteiger partial charge in [0.15, 0.2) is 0 Å². The van der Waals surface area contributed by atoms with Crippen LogP contribution in [0.4, 0.5) is 0 Å². The normalized spacial score (nSPS) is 14.3. The highest BCUT2D eigenvalue weighted by Gasteiger charge is 2.26. The molecule has 0 bridgehead atoms. The molecule has 1 aromatic heterocycles. The molecule has 5 nitrogen and oxygen atoms in total. The van der Waals surface area contributed by atoms with E-state index in [-0.39, 0.29) is 22.1 Å². The lowest BCUT2D eigenvalue weighted by molar-refractivity contribution is -0.123. The fourth-order valence-corrected chi connectivity index (χ4v) is 4.97. The number of hydrogen-bond acceptors (Lipinski definition) is 4. The number of thiophene rings is 1. The maximum atomic E-state index is 12.6. The highest BCUT2D eigenvalue weighted by atomic mass is 32.2. The third-order valence-corrected chi connectivity index (χ3v) is 7.35. The van der Waals surface area contributed by atoms with Crippen LogP contribution >= 0.6 is 11.3 Å². The summed E-state index contributed by atoms with van der Waals surface area (Å²) in [7, 11) is -3.69. The van der Waals surface area contributed by atoms with Gasteiger partial charge in [0.05, 0.1) is 12.1 Å². The number of amides is 1. The summed E-state index contributed by atoms with van der Waals surface area (Å²) in [6.07, 6.45) is 0. The van der Waals surface area contributed by atoms with Gasteiger partial charge in [-0.15, -0.1) is 11.3 Å². The summed E-state index contributed by atoms with van der Waals surface area (Å²) in [6, 6.07) is 10.3. The number of hydrogen-bond donors (Lipinski definition) is 2. The number of carbonyl (C=O) groups excluding carboxylic acids is 1. The Bertz CT molecular complexity index is 842. The van der Waals surface area contributed by atoms with Crippen molar-refractivity contribution in [3.63, 3.8) is 0 Å². The van der Waals surface area contributed by atoms with E-state index in [1.54, 1.807) is 18.4 Å². The van der Waals surface area contributed by atoms with Crippen molar-refractivity contribution in [3.05, 3.63) is 52.9 Å². The summed E-state index contributed by atoms with van der Waals surface area (Å²) in [5.41, 5.74) is 2.25. The second-order valence-electron chi connectivity index (χ2n) is 7.33. The van der Waals surface area contributed by atoms with E-state index >= 15 is 0 Å². The minimum atomic E-state index is -3.69. The van der Waals surface area contributed by atoms with Gasteiger partial charge in [0.2, 0.25) is 5.91 Å². The van der Waals surface area contributed by atoms with E-state index < -0.39 is 16.1 Å². The molecule has 2 rings (SSSR count). The average molecular weight is 409 g/mol. The maximum absolute atomic E-state index is 12.6. The van der Waals surface area contributed by atoms with E-state index in [0.717, 1.165) is 16.9 Å². The van der Waals surface area contributed by atoms with Crippen LogP contribution in [0.1, 0.15) is 57.7 Å². The second-order valence-corrected chi connectivity index (χ2v) is 10.2. The topological polar surface area (TPSA) is 75.3 Å². The summed E-state index contributed by atoms with van der Waals surface area (Å²) in [6.45, 7) is 9.89. The van der Waals surface area contributed by atoms with E-state index in [0.29, 0.717) is 5.92 Å². The Labute approximate surface area is 166 Å². The van der Waals surface area contributed by atoms with Gasteiger partial charge in [-0.1, -0.05) is 58.0 Å². The number of nitrogens with one attached hydrogen (secondary N) is 2. The molecule has 0 aliphatic carbocycles. The third-order valence-electron chi connectivity index (χ3n) is 4.41. The van der Waals surface area contributed by atoms with Crippen molar-refractivity contribution in [2.75, 3.05) is 0 Å². The quantitative estimate of drug-likeness (QED) is 0.692. The molecule has 1 heterocycles. The van der Waals surface area contributed by atoms with Crippen molar-refractivity contribution >= 4 is 27.3 Å². The lowest BCUT2D eigenvalue weighted by Gasteiger charge is -2.25. The molecule has 0 radical (unpaired) electrons. The molecule has 1 aromatic carbocycles. The van der Waals surface area contributed by atoms with Crippen LogP contribution in [0, 0.1) is 5.92 Å². The van der Waals surface area contributed by atoms with Crippen LogP contribution < -0.4 is 10.0 Å². The van der Waals surface area contributed by atoms with Crippen molar-refractivity contribution in [3.8, 4) is 0 Å². The predicted molar refractivity (Wildman–Crippen MR) is 110 cm³/mol. The Hall–Kier alpha value is -1.70. The number of benzene rings is 1. The first kappa shape index (κ1) is 21.6. The molecule has 2 aromatic rings. The summed E-state index contributed by atoms with van der Waals surface area (Å²) in [4.78, 5) is 12.6. The summed E-state index contributed by atoms with van der Waals surface area (Å²) in [5, 5.41) is 4.68. The molecule has 0 aliphatic heterocycles. The maximum Gasteiger partial charge on any atom is 0.250 e. The molecule has 0 spiro atoms. The molecule has 2 atom stereocenters. The van der Waals surface area contributed by atoms with Crippen molar-refractivity contribution in [1.29, 1.82) is 0 Å². The molecular weight excluding hydrogens is 380 g/mol. The van der Waals surface area contributed by atoms with Crippen molar-refractivity contribution in [2.45, 2.75) is 56.8 Å². The smallest absolute Gasteiger partial charge is 0.250 e. The first-order valence-corrected chi connectivity index (χ1v) is 11.4. The Balaban J connectivity index is 2.10. The van der Waals surface area contributed by atoms with Crippen molar-refractivity contribution in [1.82, 2.24) is 10.0 Å². The fraction of sp³-hybridized carbons (Fsp3) is 0.450. The second kappa shape index (κ2) is 8.99. The molecule has 0 fully saturated rings. The van der Waals surface area contributed by atoms with Gasteiger partial charge in [-0.3, -0.25) is 4.79 Å². The van der Waals surface area contributed by atoms with Crippen LogP contribution in [-0.2, 0) is 14.8 Å². The van der Waals surface area contributed by atoms with Crippen LogP contribution in [0.3, 0.4) is 0 Å². The Morgan fingerprint density at radius 3 is 2.04 bits per heavy atom. The summed E-state index contributed by atoms with van der Waals surface area (Å²) < 4.78 is 27.3. The van der Waals surface area contributed by atoms with E-state index in [1.165, 1.54) is 11.6 Å². The average Bonchev–Trinajstić information content (AvgIpc) is 3.14. The Morgan fingerprint density at radius 1 is 0.963 bits per heavy atom. The van der Waals surface area contributed by atoms with E-state index in [2.05, 4.69) is 36.0 Å². The van der Waals surface area contributed by atoms with Gasteiger partial charge in [0.25, 0.3) is 10.0 Å². The fourth-order valence-electron chi connectivity index (χ4n) is 2.76. The highest BCUT2D eigenvalue weighted by molar-refractivity contribution is 7.91. The molecule has 0 aliphatic rings. The van der Waals surface area contributed by atoms with E-state index in [4.69, 9.17) is 0 Å². The van der Waals surface area contributed by atoms with Gasteiger partial charge >= 0.3 is 0 Å². The van der Waals surface area contributed by atoms with E-state index in [1.807, 2.05) is 26.0 Å². The molecular formula is C20H28N2O3S2. The van der Waals surface area contributed by atoms with Gasteiger partial charge in [-0.25, -0.2) is 8.42 Å². The molecule has 1 amide bonds. The molecule has 2 unspecified atom stereocenters. The van der Waals surface area contributed by atoms with Crippen LogP contribution in [0.2, 0.25) is 0 Å². The van der Waals surface area contributed by atoms with Gasteiger partial charge in [0.1, 0.15) is 4.21 Å². The summed E-state index contributed by atoms with van der Waals surface area (Å²) in [5.74, 6) is 0.263. The van der Waals surface area contributed by atoms with Crippen molar-refractivity contribution in [2.24, 2.45) is 5.92 Å². The zero-order valence-corrected chi connectivity index (χ0v) is 18.0. The number of rotatable bonds is 8. The van der Waals surface area contributed by atoms with Gasteiger partial charge in [-0.05, 0) is 41.3 Å². The van der Waals surface area contributed by atoms with Crippen LogP contribution in [-0.4, -0.2) is 20.4 Å². The molecule has 0 saturated heterocycles. The SMILES string of the molecule is CC(NS(=O)(=O)c1cccs1)C(=O)NC(c1ccc(C(C)C)cc1)C(C)C. The highest BCUT2D eigenvalue weighted by Crippen LogP contribution is 2.24. The zero-order chi connectivity index (χ0) is 20.2. The largest absolute Gasteiger partial charge is 0.348 e. The van der Waals surface area contributed by atoms with Crippen LogP contribution in [0.5, 0.6) is 0 Å². The van der Waals surface area contributed by atoms with Gasteiger partial charge < -0.3 is 5.32 Å². The zero-order valence-electron chi connectivity index (χ0n) is 16.4. The summed E-state index contributed by atoms with van der Waals surface area (Å²) >= 11 is 1.12. The Morgan fingerprint density at radius 2 is 1.56 bits per heavy atom. The van der Waals surface area contributed by atoms with E-state index in [9.17, 15) is 13.2 Å². The predicted octanol–water partition coefficient (Wildman–Crippen LogP) is 4.05. The molecule has 2 N–H and O–H groups in total. The minimum Gasteiger partial charge on any atom is -0.348 e. The monoisotopic (exact) mass is 408 g/mol. The molecule has 7 heteroatoms. The molecule has 27 heavy (non-hydrogen) atoms. The van der Waals surface area contributed by atoms with Crippen LogP contribution in [0.15, 0.2) is 46.0 Å². The first-order valence-electron chi connectivity index (χ1n) is 9.08. The standard InChI is InChI=1S/C20H28N2O3S2/c1-13(2)16-8-10-17(11-9-16)19(14(3)4)21-20(23)15(5)22-27(24,25)18-7-6-12-26-18/h6-15,19,22H,1-5H3,(H,21,23). The number of sulfonamides is 1. The lowest BCUT2D eigenvalue weighted by Crippen LogP contribution is -2.46. The lowest BCUT2D eigenvalue weighted by atomic mass is 9.93. The van der Waals surface area contributed by atoms with Gasteiger partial charge in [-0.2, -0.15) is 4.72 Å². The number of carbonyl (C=O) groups is 1. The van der Waals surface area contributed by atoms with Crippen LogP contribution in [0.25, 0.3) is 0 Å². The Kier molecular flexibility index (Phi) is 7.19.